The van der Waals surface area contributed by atoms with E-state index in [9.17, 15) is 9.59 Å². The second-order valence-corrected chi connectivity index (χ2v) is 5.92. The molecule has 0 spiro atoms. The van der Waals surface area contributed by atoms with Crippen LogP contribution in [0.4, 0.5) is 0 Å². The molecule has 0 aliphatic rings. The number of hydrogen-bond donors (Lipinski definition) is 2. The SMILES string of the molecule is Cc1ccc(OCC(=O)NNC(=O)/C=C/c2cccs2)c(C)c1. The molecule has 0 aliphatic carbocycles. The summed E-state index contributed by atoms with van der Waals surface area (Å²) < 4.78 is 5.43. The molecule has 1 aromatic heterocycles. The van der Waals surface area contributed by atoms with E-state index >= 15 is 0 Å². The Morgan fingerprint density at radius 1 is 1.22 bits per heavy atom. The number of hydrogen-bond acceptors (Lipinski definition) is 4. The normalized spacial score (nSPS) is 10.5. The molecule has 120 valence electrons. The Kier molecular flexibility index (Phi) is 5.94. The summed E-state index contributed by atoms with van der Waals surface area (Å²) in [5.74, 6) is -0.184. The van der Waals surface area contributed by atoms with Crippen molar-refractivity contribution in [1.29, 1.82) is 0 Å². The number of aryl methyl sites for hydroxylation is 2. The molecule has 2 rings (SSSR count). The van der Waals surface area contributed by atoms with E-state index in [0.717, 1.165) is 16.0 Å². The number of nitrogens with one attached hydrogen (secondary N) is 2. The van der Waals surface area contributed by atoms with Gasteiger partial charge in [-0.05, 0) is 43.0 Å². The average Bonchev–Trinajstić information content (AvgIpc) is 3.03. The van der Waals surface area contributed by atoms with E-state index in [1.165, 1.54) is 17.4 Å². The van der Waals surface area contributed by atoms with E-state index in [4.69, 9.17) is 4.74 Å². The Morgan fingerprint density at radius 2 is 2.04 bits per heavy atom. The van der Waals surface area contributed by atoms with Crippen molar-refractivity contribution >= 4 is 29.2 Å². The summed E-state index contributed by atoms with van der Waals surface area (Å²) in [5.41, 5.74) is 6.69. The van der Waals surface area contributed by atoms with Crippen molar-refractivity contribution in [3.05, 3.63) is 57.8 Å². The summed E-state index contributed by atoms with van der Waals surface area (Å²) in [5, 5.41) is 1.92. The Morgan fingerprint density at radius 3 is 2.74 bits per heavy atom. The van der Waals surface area contributed by atoms with Crippen LogP contribution in [0.1, 0.15) is 16.0 Å². The van der Waals surface area contributed by atoms with Crippen molar-refractivity contribution in [2.75, 3.05) is 6.61 Å². The topological polar surface area (TPSA) is 67.4 Å². The highest BCUT2D eigenvalue weighted by Gasteiger charge is 2.05. The van der Waals surface area contributed by atoms with Gasteiger partial charge in [-0.25, -0.2) is 0 Å². The van der Waals surface area contributed by atoms with E-state index in [1.54, 1.807) is 6.08 Å². The molecular weight excluding hydrogens is 312 g/mol. The van der Waals surface area contributed by atoms with Gasteiger partial charge in [0.2, 0.25) is 0 Å². The van der Waals surface area contributed by atoms with Crippen LogP contribution in [0.2, 0.25) is 0 Å². The fourth-order valence-corrected chi connectivity index (χ4v) is 2.48. The minimum absolute atomic E-state index is 0.168. The molecule has 0 unspecified atom stereocenters. The number of hydrazine groups is 1. The Labute approximate surface area is 139 Å². The van der Waals surface area contributed by atoms with Gasteiger partial charge in [0.1, 0.15) is 5.75 Å². The summed E-state index contributed by atoms with van der Waals surface area (Å²) in [6, 6.07) is 9.50. The second kappa shape index (κ2) is 8.14. The third kappa shape index (κ3) is 5.60. The van der Waals surface area contributed by atoms with Gasteiger partial charge in [-0.1, -0.05) is 23.8 Å². The number of amides is 2. The lowest BCUT2D eigenvalue weighted by Gasteiger charge is -2.10. The van der Waals surface area contributed by atoms with Crippen LogP contribution in [0.5, 0.6) is 5.75 Å². The maximum absolute atomic E-state index is 11.7. The number of thiophene rings is 1. The lowest BCUT2D eigenvalue weighted by molar-refractivity contribution is -0.128. The number of ether oxygens (including phenoxy) is 1. The van der Waals surface area contributed by atoms with Gasteiger partial charge in [-0.3, -0.25) is 20.4 Å². The van der Waals surface area contributed by atoms with Crippen LogP contribution in [-0.2, 0) is 9.59 Å². The first-order valence-electron chi connectivity index (χ1n) is 7.05. The van der Waals surface area contributed by atoms with E-state index in [-0.39, 0.29) is 6.61 Å². The largest absolute Gasteiger partial charge is 0.483 e. The molecule has 23 heavy (non-hydrogen) atoms. The summed E-state index contributed by atoms with van der Waals surface area (Å²) >= 11 is 1.52. The third-order valence-corrected chi connectivity index (χ3v) is 3.79. The Balaban J connectivity index is 1.73. The quantitative estimate of drug-likeness (QED) is 0.654. The van der Waals surface area contributed by atoms with Crippen molar-refractivity contribution in [2.24, 2.45) is 0 Å². The van der Waals surface area contributed by atoms with Crippen molar-refractivity contribution in [3.8, 4) is 5.75 Å². The van der Waals surface area contributed by atoms with E-state index in [0.29, 0.717) is 5.75 Å². The van der Waals surface area contributed by atoms with Crippen LogP contribution < -0.4 is 15.6 Å². The van der Waals surface area contributed by atoms with Gasteiger partial charge in [0.05, 0.1) is 0 Å². The maximum atomic E-state index is 11.7. The van der Waals surface area contributed by atoms with Crippen LogP contribution in [-0.4, -0.2) is 18.4 Å². The average molecular weight is 330 g/mol. The predicted octanol–water partition coefficient (Wildman–Crippen LogP) is 2.60. The van der Waals surface area contributed by atoms with Crippen LogP contribution in [0.3, 0.4) is 0 Å². The number of carbonyl (C=O) groups is 2. The summed E-state index contributed by atoms with van der Waals surface area (Å²) in [7, 11) is 0. The van der Waals surface area contributed by atoms with Crippen molar-refractivity contribution < 1.29 is 14.3 Å². The zero-order valence-corrected chi connectivity index (χ0v) is 13.8. The summed E-state index contributed by atoms with van der Waals surface area (Å²) in [6.07, 6.45) is 3.04. The van der Waals surface area contributed by atoms with Crippen LogP contribution >= 0.6 is 11.3 Å². The molecule has 1 aromatic carbocycles. The van der Waals surface area contributed by atoms with Gasteiger partial charge < -0.3 is 4.74 Å². The third-order valence-electron chi connectivity index (χ3n) is 2.96. The van der Waals surface area contributed by atoms with Gasteiger partial charge in [0.15, 0.2) is 6.61 Å². The molecule has 0 radical (unpaired) electrons. The maximum Gasteiger partial charge on any atom is 0.276 e. The first-order valence-corrected chi connectivity index (χ1v) is 7.93. The molecule has 0 saturated heterocycles. The molecular formula is C17H18N2O3S. The van der Waals surface area contributed by atoms with Gasteiger partial charge in [-0.2, -0.15) is 0 Å². The number of rotatable bonds is 5. The molecule has 2 N–H and O–H groups in total. The lowest BCUT2D eigenvalue weighted by Crippen LogP contribution is -2.43. The second-order valence-electron chi connectivity index (χ2n) is 4.94. The van der Waals surface area contributed by atoms with Gasteiger partial charge in [0.25, 0.3) is 11.8 Å². The van der Waals surface area contributed by atoms with Gasteiger partial charge >= 0.3 is 0 Å². The zero-order chi connectivity index (χ0) is 16.7. The standard InChI is InChI=1S/C17H18N2O3S/c1-12-5-7-15(13(2)10-12)22-11-17(21)19-18-16(20)8-6-14-4-3-9-23-14/h3-10H,11H2,1-2H3,(H,18,20)(H,19,21)/b8-6+. The number of benzene rings is 1. The molecule has 6 heteroatoms. The highest BCUT2D eigenvalue weighted by molar-refractivity contribution is 7.10. The van der Waals surface area contributed by atoms with E-state index in [1.807, 2.05) is 49.6 Å². The molecule has 1 heterocycles. The van der Waals surface area contributed by atoms with Gasteiger partial charge in [0, 0.05) is 11.0 Å². The fourth-order valence-electron chi connectivity index (χ4n) is 1.86. The number of carbonyl (C=O) groups excluding carboxylic acids is 2. The van der Waals surface area contributed by atoms with Crippen molar-refractivity contribution in [3.63, 3.8) is 0 Å². The molecule has 5 nitrogen and oxygen atoms in total. The molecule has 0 fully saturated rings. The fraction of sp³-hybridized carbons (Fsp3) is 0.176. The molecule has 2 aromatic rings. The zero-order valence-electron chi connectivity index (χ0n) is 13.0. The molecule has 0 bridgehead atoms. The Bertz CT molecular complexity index is 709. The minimum atomic E-state index is -0.428. The van der Waals surface area contributed by atoms with Crippen LogP contribution in [0.15, 0.2) is 41.8 Å². The molecule has 0 saturated carbocycles. The summed E-state index contributed by atoms with van der Waals surface area (Å²) in [4.78, 5) is 24.2. The Hall–Kier alpha value is -2.60. The first kappa shape index (κ1) is 16.8. The van der Waals surface area contributed by atoms with E-state index in [2.05, 4.69) is 10.9 Å². The first-order chi connectivity index (χ1) is 11.0. The molecule has 0 atom stereocenters. The summed E-state index contributed by atoms with van der Waals surface area (Å²) in [6.45, 7) is 3.74. The highest BCUT2D eigenvalue weighted by Crippen LogP contribution is 2.18. The molecule has 0 aliphatic heterocycles. The minimum Gasteiger partial charge on any atom is -0.483 e. The van der Waals surface area contributed by atoms with Crippen LogP contribution in [0.25, 0.3) is 6.08 Å². The van der Waals surface area contributed by atoms with E-state index < -0.39 is 11.8 Å². The smallest absolute Gasteiger partial charge is 0.276 e. The lowest BCUT2D eigenvalue weighted by atomic mass is 10.1. The van der Waals surface area contributed by atoms with Crippen molar-refractivity contribution in [1.82, 2.24) is 10.9 Å². The molecule has 2 amide bonds. The highest BCUT2D eigenvalue weighted by atomic mass is 32.1. The van der Waals surface area contributed by atoms with Crippen molar-refractivity contribution in [2.45, 2.75) is 13.8 Å². The van der Waals surface area contributed by atoms with Gasteiger partial charge in [-0.15, -0.1) is 11.3 Å². The monoisotopic (exact) mass is 330 g/mol. The van der Waals surface area contributed by atoms with Crippen LogP contribution in [0, 0.1) is 13.8 Å². The predicted molar refractivity (Wildman–Crippen MR) is 91.0 cm³/mol.